The fourth-order valence-electron chi connectivity index (χ4n) is 3.99. The van der Waals surface area contributed by atoms with E-state index < -0.39 is 0 Å². The van der Waals surface area contributed by atoms with Gasteiger partial charge in [-0.2, -0.15) is 0 Å². The molecule has 1 saturated heterocycles. The summed E-state index contributed by atoms with van der Waals surface area (Å²) in [7, 11) is 0. The van der Waals surface area contributed by atoms with Crippen molar-refractivity contribution in [3.05, 3.63) is 64.7 Å². The van der Waals surface area contributed by atoms with Crippen molar-refractivity contribution in [3.8, 4) is 11.8 Å². The zero-order chi connectivity index (χ0) is 17.9. The van der Waals surface area contributed by atoms with Gasteiger partial charge in [-0.1, -0.05) is 24.8 Å². The molecule has 3 nitrogen and oxygen atoms in total. The first-order valence-corrected chi connectivity index (χ1v) is 9.36. The van der Waals surface area contributed by atoms with Crippen LogP contribution in [-0.4, -0.2) is 35.6 Å². The van der Waals surface area contributed by atoms with Crippen LogP contribution in [-0.2, 0) is 11.2 Å². The Hall–Kier alpha value is -2.22. The van der Waals surface area contributed by atoms with Crippen molar-refractivity contribution in [2.24, 2.45) is 0 Å². The molecular weight excluding hydrogens is 327 g/mol. The first-order valence-electron chi connectivity index (χ1n) is 9.36. The normalized spacial score (nSPS) is 22.1. The minimum absolute atomic E-state index is 0.0856. The van der Waals surface area contributed by atoms with Crippen LogP contribution in [0.25, 0.3) is 0 Å². The maximum Gasteiger partial charge on any atom is 0.124 e. The SMILES string of the molecule is CCCN1CCO[C@H]2c3cc(C#Cc4cccc(F)c4)cnc3CC[C@H]21. The van der Waals surface area contributed by atoms with Gasteiger partial charge in [0.15, 0.2) is 0 Å². The predicted molar refractivity (Wildman–Crippen MR) is 99.3 cm³/mol. The molecule has 2 heterocycles. The average molecular weight is 350 g/mol. The zero-order valence-corrected chi connectivity index (χ0v) is 15.0. The maximum atomic E-state index is 13.3. The summed E-state index contributed by atoms with van der Waals surface area (Å²) in [6.07, 6.45) is 5.14. The largest absolute Gasteiger partial charge is 0.370 e. The summed E-state index contributed by atoms with van der Waals surface area (Å²) in [6.45, 7) is 5.12. The highest BCUT2D eigenvalue weighted by molar-refractivity contribution is 5.44. The Morgan fingerprint density at radius 3 is 3.00 bits per heavy atom. The summed E-state index contributed by atoms with van der Waals surface area (Å²) >= 11 is 0. The van der Waals surface area contributed by atoms with Gasteiger partial charge in [0, 0.05) is 41.2 Å². The quantitative estimate of drug-likeness (QED) is 0.772. The molecule has 0 unspecified atom stereocenters. The van der Waals surface area contributed by atoms with Crippen LogP contribution >= 0.6 is 0 Å². The smallest absolute Gasteiger partial charge is 0.124 e. The molecule has 1 aromatic carbocycles. The van der Waals surface area contributed by atoms with E-state index in [-0.39, 0.29) is 11.9 Å². The van der Waals surface area contributed by atoms with Crippen molar-refractivity contribution in [3.63, 3.8) is 0 Å². The number of ether oxygens (including phenoxy) is 1. The Kier molecular flexibility index (Phi) is 5.01. The zero-order valence-electron chi connectivity index (χ0n) is 15.0. The van der Waals surface area contributed by atoms with E-state index >= 15 is 0 Å². The molecule has 2 atom stereocenters. The lowest BCUT2D eigenvalue weighted by Crippen LogP contribution is -2.49. The molecule has 4 heteroatoms. The second-order valence-electron chi connectivity index (χ2n) is 6.95. The highest BCUT2D eigenvalue weighted by atomic mass is 19.1. The molecular formula is C22H23FN2O. The molecule has 1 aliphatic carbocycles. The van der Waals surface area contributed by atoms with Crippen molar-refractivity contribution < 1.29 is 9.13 Å². The fraction of sp³-hybridized carbons (Fsp3) is 0.409. The molecule has 1 fully saturated rings. The van der Waals surface area contributed by atoms with Gasteiger partial charge in [0.05, 0.1) is 12.7 Å². The van der Waals surface area contributed by atoms with Gasteiger partial charge in [0.2, 0.25) is 0 Å². The van der Waals surface area contributed by atoms with Crippen LogP contribution in [0.2, 0.25) is 0 Å². The number of aromatic nitrogens is 1. The Labute approximate surface area is 154 Å². The van der Waals surface area contributed by atoms with E-state index in [0.29, 0.717) is 11.6 Å². The second kappa shape index (κ2) is 7.57. The first kappa shape index (κ1) is 17.2. The topological polar surface area (TPSA) is 25.4 Å². The third-order valence-electron chi connectivity index (χ3n) is 5.17. The molecule has 2 aliphatic rings. The number of aryl methyl sites for hydroxylation is 1. The summed E-state index contributed by atoms with van der Waals surface area (Å²) in [6, 6.07) is 8.90. The third kappa shape index (κ3) is 3.51. The molecule has 26 heavy (non-hydrogen) atoms. The summed E-state index contributed by atoms with van der Waals surface area (Å²) in [5, 5.41) is 0. The highest BCUT2D eigenvalue weighted by Gasteiger charge is 2.37. The number of fused-ring (bicyclic) bond motifs is 3. The summed E-state index contributed by atoms with van der Waals surface area (Å²) in [4.78, 5) is 7.19. The van der Waals surface area contributed by atoms with E-state index in [1.165, 1.54) is 17.7 Å². The van der Waals surface area contributed by atoms with Crippen LogP contribution in [0.4, 0.5) is 4.39 Å². The Bertz CT molecular complexity index is 853. The number of morpholine rings is 1. The molecule has 0 amide bonds. The van der Waals surface area contributed by atoms with E-state index in [1.54, 1.807) is 6.07 Å². The molecule has 134 valence electrons. The minimum atomic E-state index is -0.269. The number of hydrogen-bond donors (Lipinski definition) is 0. The van der Waals surface area contributed by atoms with E-state index in [4.69, 9.17) is 4.74 Å². The minimum Gasteiger partial charge on any atom is -0.370 e. The van der Waals surface area contributed by atoms with Gasteiger partial charge in [-0.15, -0.1) is 0 Å². The summed E-state index contributed by atoms with van der Waals surface area (Å²) in [5.74, 6) is 5.88. The lowest BCUT2D eigenvalue weighted by Gasteiger charge is -2.44. The van der Waals surface area contributed by atoms with Gasteiger partial charge >= 0.3 is 0 Å². The lowest BCUT2D eigenvalue weighted by molar-refractivity contribution is -0.0805. The van der Waals surface area contributed by atoms with Gasteiger partial charge in [-0.05, 0) is 50.1 Å². The highest BCUT2D eigenvalue weighted by Crippen LogP contribution is 2.37. The van der Waals surface area contributed by atoms with Crippen molar-refractivity contribution in [1.82, 2.24) is 9.88 Å². The molecule has 0 N–H and O–H groups in total. The number of pyridine rings is 1. The molecule has 1 aliphatic heterocycles. The van der Waals surface area contributed by atoms with Gasteiger partial charge in [-0.3, -0.25) is 9.88 Å². The average Bonchev–Trinajstić information content (AvgIpc) is 2.66. The number of hydrogen-bond acceptors (Lipinski definition) is 3. The monoisotopic (exact) mass is 350 g/mol. The first-order chi connectivity index (χ1) is 12.7. The van der Waals surface area contributed by atoms with E-state index in [9.17, 15) is 4.39 Å². The lowest BCUT2D eigenvalue weighted by atomic mass is 9.86. The summed E-state index contributed by atoms with van der Waals surface area (Å²) in [5.41, 5.74) is 3.82. The van der Waals surface area contributed by atoms with E-state index in [2.05, 4.69) is 34.7 Å². The number of benzene rings is 1. The van der Waals surface area contributed by atoms with Crippen molar-refractivity contribution in [1.29, 1.82) is 0 Å². The fourth-order valence-corrected chi connectivity index (χ4v) is 3.99. The maximum absolute atomic E-state index is 13.3. The third-order valence-corrected chi connectivity index (χ3v) is 5.17. The van der Waals surface area contributed by atoms with Gasteiger partial charge in [-0.25, -0.2) is 4.39 Å². The molecule has 0 saturated carbocycles. The van der Waals surface area contributed by atoms with Gasteiger partial charge in [0.1, 0.15) is 5.82 Å². The number of halogens is 1. The van der Waals surface area contributed by atoms with Crippen LogP contribution in [0.5, 0.6) is 0 Å². The summed E-state index contributed by atoms with van der Waals surface area (Å²) < 4.78 is 19.4. The Morgan fingerprint density at radius 2 is 2.15 bits per heavy atom. The molecule has 1 aromatic heterocycles. The van der Waals surface area contributed by atoms with E-state index in [0.717, 1.165) is 50.2 Å². The molecule has 0 spiro atoms. The van der Waals surface area contributed by atoms with Crippen molar-refractivity contribution >= 4 is 0 Å². The van der Waals surface area contributed by atoms with E-state index in [1.807, 2.05) is 12.3 Å². The molecule has 0 bridgehead atoms. The van der Waals surface area contributed by atoms with Crippen LogP contribution in [0.3, 0.4) is 0 Å². The predicted octanol–water partition coefficient (Wildman–Crippen LogP) is 3.72. The second-order valence-corrected chi connectivity index (χ2v) is 6.95. The molecule has 0 radical (unpaired) electrons. The van der Waals surface area contributed by atoms with Gasteiger partial charge in [0.25, 0.3) is 0 Å². The van der Waals surface area contributed by atoms with Crippen LogP contribution in [0.1, 0.15) is 48.3 Å². The van der Waals surface area contributed by atoms with Gasteiger partial charge < -0.3 is 4.74 Å². The Balaban J connectivity index is 1.62. The van der Waals surface area contributed by atoms with Crippen LogP contribution in [0.15, 0.2) is 36.5 Å². The number of rotatable bonds is 2. The molecule has 4 rings (SSSR count). The Morgan fingerprint density at radius 1 is 1.27 bits per heavy atom. The van der Waals surface area contributed by atoms with Crippen molar-refractivity contribution in [2.75, 3.05) is 19.7 Å². The number of nitrogens with zero attached hydrogens (tertiary/aromatic N) is 2. The molecule has 2 aromatic rings. The van der Waals surface area contributed by atoms with Crippen LogP contribution in [0, 0.1) is 17.7 Å². The van der Waals surface area contributed by atoms with Crippen molar-refractivity contribution in [2.45, 2.75) is 38.3 Å². The van der Waals surface area contributed by atoms with Crippen LogP contribution < -0.4 is 0 Å². The standard InChI is InChI=1S/C22H23FN2O/c1-2-10-25-11-12-26-22-19-14-17(15-24-20(19)8-9-21(22)25)7-6-16-4-3-5-18(23)13-16/h3-5,13-15,21-22H,2,8-12H2,1H3/t21-,22+/m1/s1.